The largest absolute Gasteiger partial charge is 0.467 e. The first-order chi connectivity index (χ1) is 10.5. The summed E-state index contributed by atoms with van der Waals surface area (Å²) in [7, 11) is -1.89. The number of sulfonamides is 1. The minimum absolute atomic E-state index is 0.189. The van der Waals surface area contributed by atoms with Gasteiger partial charge in [0.1, 0.15) is 16.8 Å². The van der Waals surface area contributed by atoms with Gasteiger partial charge in [0, 0.05) is 25.8 Å². The summed E-state index contributed by atoms with van der Waals surface area (Å²) in [5, 5.41) is 14.1. The highest BCUT2D eigenvalue weighted by molar-refractivity contribution is 7.89. The van der Waals surface area contributed by atoms with Crippen LogP contribution in [-0.4, -0.2) is 40.2 Å². The van der Waals surface area contributed by atoms with Gasteiger partial charge >= 0.3 is 0 Å². The molecule has 0 saturated carbocycles. The van der Waals surface area contributed by atoms with Gasteiger partial charge in [-0.1, -0.05) is 0 Å². The van der Waals surface area contributed by atoms with E-state index < -0.39 is 16.1 Å². The minimum atomic E-state index is -3.57. The van der Waals surface area contributed by atoms with E-state index in [0.717, 1.165) is 12.8 Å². The van der Waals surface area contributed by atoms with Crippen LogP contribution in [0.25, 0.3) is 0 Å². The normalized spacial score (nSPS) is 21.3. The summed E-state index contributed by atoms with van der Waals surface area (Å²) in [5.41, 5.74) is 0. The Hall–Kier alpha value is -1.64. The zero-order valence-corrected chi connectivity index (χ0v) is 13.1. The van der Waals surface area contributed by atoms with Crippen molar-refractivity contribution in [2.24, 2.45) is 7.05 Å². The van der Waals surface area contributed by atoms with Crippen molar-refractivity contribution in [2.45, 2.75) is 36.3 Å². The molecule has 0 bridgehead atoms. The lowest BCUT2D eigenvalue weighted by molar-refractivity contribution is 0.118. The van der Waals surface area contributed by atoms with Gasteiger partial charge in [0.15, 0.2) is 0 Å². The van der Waals surface area contributed by atoms with E-state index in [1.807, 2.05) is 0 Å². The molecule has 120 valence electrons. The Morgan fingerprint density at radius 2 is 2.36 bits per heavy atom. The maximum atomic E-state index is 12.7. The highest BCUT2D eigenvalue weighted by Crippen LogP contribution is 2.31. The molecule has 0 aliphatic carbocycles. The molecular weight excluding hydrogens is 306 g/mol. The first kappa shape index (κ1) is 15.3. The van der Waals surface area contributed by atoms with Crippen molar-refractivity contribution >= 4 is 10.0 Å². The van der Waals surface area contributed by atoms with Crippen LogP contribution in [0.5, 0.6) is 0 Å². The van der Waals surface area contributed by atoms with E-state index in [0.29, 0.717) is 18.7 Å². The van der Waals surface area contributed by atoms with Gasteiger partial charge in [0.05, 0.1) is 12.5 Å². The van der Waals surface area contributed by atoms with Crippen LogP contribution in [0.4, 0.5) is 0 Å². The molecule has 22 heavy (non-hydrogen) atoms. The van der Waals surface area contributed by atoms with Crippen LogP contribution in [0.3, 0.4) is 0 Å². The maximum Gasteiger partial charge on any atom is 0.246 e. The molecule has 2 aromatic rings. The predicted molar refractivity (Wildman–Crippen MR) is 78.4 cm³/mol. The van der Waals surface area contributed by atoms with E-state index >= 15 is 0 Å². The van der Waals surface area contributed by atoms with Crippen LogP contribution in [0, 0.1) is 0 Å². The number of aliphatic hydroxyl groups excluding tert-OH is 1. The Morgan fingerprint density at radius 1 is 1.55 bits per heavy atom. The molecule has 3 rings (SSSR count). The molecule has 1 saturated heterocycles. The molecule has 2 aromatic heterocycles. The zero-order valence-electron chi connectivity index (χ0n) is 12.3. The molecule has 0 spiro atoms. The summed E-state index contributed by atoms with van der Waals surface area (Å²) in [6, 6.07) is 3.17. The number of aromatic nitrogens is 2. The molecule has 0 amide bonds. The van der Waals surface area contributed by atoms with Gasteiger partial charge in [-0.05, 0) is 31.4 Å². The van der Waals surface area contributed by atoms with Crippen molar-refractivity contribution in [3.63, 3.8) is 0 Å². The molecule has 8 heteroatoms. The second-order valence-corrected chi connectivity index (χ2v) is 7.42. The van der Waals surface area contributed by atoms with E-state index in [4.69, 9.17) is 4.42 Å². The van der Waals surface area contributed by atoms with Crippen LogP contribution in [0.2, 0.25) is 0 Å². The Bertz CT molecular complexity index is 723. The lowest BCUT2D eigenvalue weighted by Gasteiger charge is -2.24. The lowest BCUT2D eigenvalue weighted by Crippen LogP contribution is -2.36. The number of rotatable bonds is 5. The Labute approximate surface area is 129 Å². The van der Waals surface area contributed by atoms with E-state index in [9.17, 15) is 13.5 Å². The maximum absolute atomic E-state index is 12.7. The van der Waals surface area contributed by atoms with E-state index in [1.54, 1.807) is 19.2 Å². The Balaban J connectivity index is 1.78. The second kappa shape index (κ2) is 5.86. The number of aryl methyl sites for hydroxylation is 1. The standard InChI is InChI=1S/C14H19N3O4S/c1-16-10-12(9-15-16)22(19,20)17-6-2-4-11(17)8-13(18)14-5-3-7-21-14/h3,5,7,9-11,13,18H,2,4,6,8H2,1H3/t11-,13+/m0/s1. The lowest BCUT2D eigenvalue weighted by atomic mass is 10.1. The third-order valence-corrected chi connectivity index (χ3v) is 5.88. The summed E-state index contributed by atoms with van der Waals surface area (Å²) >= 11 is 0. The molecule has 0 aromatic carbocycles. The van der Waals surface area contributed by atoms with E-state index in [2.05, 4.69) is 5.10 Å². The Morgan fingerprint density at radius 3 is 3.00 bits per heavy atom. The van der Waals surface area contributed by atoms with Gasteiger partial charge in [0.25, 0.3) is 0 Å². The van der Waals surface area contributed by atoms with E-state index in [-0.39, 0.29) is 10.9 Å². The van der Waals surface area contributed by atoms with Crippen molar-refractivity contribution in [3.8, 4) is 0 Å². The van der Waals surface area contributed by atoms with Crippen LogP contribution in [0.15, 0.2) is 40.1 Å². The van der Waals surface area contributed by atoms with E-state index in [1.165, 1.54) is 27.6 Å². The highest BCUT2D eigenvalue weighted by Gasteiger charge is 2.37. The molecule has 0 radical (unpaired) electrons. The fourth-order valence-electron chi connectivity index (χ4n) is 2.88. The fourth-order valence-corrected chi connectivity index (χ4v) is 4.57. The summed E-state index contributed by atoms with van der Waals surface area (Å²) in [4.78, 5) is 0.189. The second-order valence-electron chi connectivity index (χ2n) is 5.53. The van der Waals surface area contributed by atoms with Crippen molar-refractivity contribution < 1.29 is 17.9 Å². The van der Waals surface area contributed by atoms with Crippen LogP contribution in [0.1, 0.15) is 31.1 Å². The van der Waals surface area contributed by atoms with Crippen LogP contribution < -0.4 is 0 Å². The van der Waals surface area contributed by atoms with Gasteiger partial charge in [-0.2, -0.15) is 9.40 Å². The predicted octanol–water partition coefficient (Wildman–Crippen LogP) is 1.29. The molecule has 3 heterocycles. The van der Waals surface area contributed by atoms with Crippen LogP contribution in [-0.2, 0) is 17.1 Å². The smallest absolute Gasteiger partial charge is 0.246 e. The number of aliphatic hydroxyl groups is 1. The van der Waals surface area contributed by atoms with Gasteiger partial charge in [0.2, 0.25) is 10.0 Å². The van der Waals surface area contributed by atoms with Crippen molar-refractivity contribution in [3.05, 3.63) is 36.5 Å². The average molecular weight is 325 g/mol. The molecule has 0 unspecified atom stereocenters. The van der Waals surface area contributed by atoms with Gasteiger partial charge in [-0.15, -0.1) is 0 Å². The summed E-state index contributed by atoms with van der Waals surface area (Å²) in [5.74, 6) is 0.464. The quantitative estimate of drug-likeness (QED) is 0.895. The monoisotopic (exact) mass is 325 g/mol. The Kier molecular flexibility index (Phi) is 4.07. The average Bonchev–Trinajstić information content (AvgIpc) is 3.19. The fraction of sp³-hybridized carbons (Fsp3) is 0.500. The first-order valence-corrected chi connectivity index (χ1v) is 8.64. The topological polar surface area (TPSA) is 88.6 Å². The summed E-state index contributed by atoms with van der Waals surface area (Å²) < 4.78 is 33.5. The number of furan rings is 1. The molecule has 1 fully saturated rings. The third kappa shape index (κ3) is 2.81. The SMILES string of the molecule is Cn1cc(S(=O)(=O)N2CCC[C@H]2C[C@@H](O)c2ccco2)cn1. The first-order valence-electron chi connectivity index (χ1n) is 7.20. The van der Waals surface area contributed by atoms with Crippen LogP contribution >= 0.6 is 0 Å². The van der Waals surface area contributed by atoms with Crippen molar-refractivity contribution in [2.75, 3.05) is 6.54 Å². The number of hydrogen-bond donors (Lipinski definition) is 1. The van der Waals surface area contributed by atoms with Crippen molar-refractivity contribution in [1.29, 1.82) is 0 Å². The third-order valence-electron chi connectivity index (χ3n) is 3.98. The van der Waals surface area contributed by atoms with Gasteiger partial charge in [-0.25, -0.2) is 8.42 Å². The zero-order chi connectivity index (χ0) is 15.7. The molecule has 1 aliphatic rings. The molecule has 1 N–H and O–H groups in total. The minimum Gasteiger partial charge on any atom is -0.467 e. The van der Waals surface area contributed by atoms with Gasteiger partial charge < -0.3 is 9.52 Å². The van der Waals surface area contributed by atoms with Gasteiger partial charge in [-0.3, -0.25) is 4.68 Å². The summed E-state index contributed by atoms with van der Waals surface area (Å²) in [6.07, 6.45) is 5.39. The molecule has 2 atom stereocenters. The molecule has 7 nitrogen and oxygen atoms in total. The number of nitrogens with zero attached hydrogens (tertiary/aromatic N) is 3. The van der Waals surface area contributed by atoms with Crippen molar-refractivity contribution in [1.82, 2.24) is 14.1 Å². The highest BCUT2D eigenvalue weighted by atomic mass is 32.2. The summed E-state index contributed by atoms with van der Waals surface area (Å²) in [6.45, 7) is 0.465. The molecule has 1 aliphatic heterocycles. The molecular formula is C14H19N3O4S. The number of hydrogen-bond acceptors (Lipinski definition) is 5.